The van der Waals surface area contributed by atoms with Gasteiger partial charge in [-0.3, -0.25) is 0 Å². The average Bonchev–Trinajstić information content (AvgIpc) is 3.54. The van der Waals surface area contributed by atoms with E-state index in [1.54, 1.807) is 0 Å². The molecule has 11 rings (SSSR count). The second-order valence-electron chi connectivity index (χ2n) is 15.0. The van der Waals surface area contributed by atoms with Crippen LogP contribution in [0.3, 0.4) is 0 Å². The molecule has 250 valence electrons. The third kappa shape index (κ3) is 4.39. The zero-order chi connectivity index (χ0) is 35.3. The summed E-state index contributed by atoms with van der Waals surface area (Å²) in [5.74, 6) is 0. The number of hydrogen-bond donors (Lipinski definition) is 0. The van der Waals surface area contributed by atoms with Crippen LogP contribution < -0.4 is 4.90 Å². The lowest BCUT2D eigenvalue weighted by Crippen LogP contribution is -2.26. The Morgan fingerprint density at radius 2 is 1.04 bits per heavy atom. The van der Waals surface area contributed by atoms with Crippen molar-refractivity contribution >= 4 is 71.2 Å². The highest BCUT2D eigenvalue weighted by atomic mass is 15.1. The van der Waals surface area contributed by atoms with E-state index in [0.717, 1.165) is 17.1 Å². The van der Waals surface area contributed by atoms with Gasteiger partial charge in [0.05, 0.1) is 22.4 Å². The lowest BCUT2D eigenvalue weighted by Gasteiger charge is -2.34. The molecule has 2 nitrogen and oxygen atoms in total. The normalized spacial score (nSPS) is 13.2. The fraction of sp³-hybridized carbons (Fsp3) is 0.0588. The van der Waals surface area contributed by atoms with Gasteiger partial charge in [-0.25, -0.2) is 0 Å². The molecule has 1 aromatic heterocycles. The Bertz CT molecular complexity index is 3030. The van der Waals surface area contributed by atoms with Gasteiger partial charge in [-0.05, 0) is 97.7 Å². The van der Waals surface area contributed by atoms with E-state index in [1.165, 1.54) is 82.1 Å². The van der Waals surface area contributed by atoms with Crippen molar-refractivity contribution in [1.82, 2.24) is 4.57 Å². The van der Waals surface area contributed by atoms with E-state index in [4.69, 9.17) is 0 Å². The summed E-state index contributed by atoms with van der Waals surface area (Å²) in [6.45, 7) is 4.72. The van der Waals surface area contributed by atoms with Gasteiger partial charge >= 0.3 is 0 Å². The van der Waals surface area contributed by atoms with Crippen LogP contribution in [0, 0.1) is 0 Å². The van der Waals surface area contributed by atoms with Crippen molar-refractivity contribution in [1.29, 1.82) is 0 Å². The van der Waals surface area contributed by atoms with Crippen molar-refractivity contribution in [3.63, 3.8) is 0 Å². The Balaban J connectivity index is 1.13. The molecule has 0 unspecified atom stereocenters. The van der Waals surface area contributed by atoms with Crippen LogP contribution in [0.25, 0.3) is 70.9 Å². The van der Waals surface area contributed by atoms with Crippen LogP contribution in [0.2, 0.25) is 0 Å². The summed E-state index contributed by atoms with van der Waals surface area (Å²) < 4.78 is 2.50. The Morgan fingerprint density at radius 1 is 0.434 bits per heavy atom. The zero-order valence-corrected chi connectivity index (χ0v) is 29.7. The number of aromatic nitrogens is 1. The molecule has 2 heterocycles. The molecule has 0 N–H and O–H groups in total. The lowest BCUT2D eigenvalue weighted by atomic mass is 9.75. The molecule has 2 heteroatoms. The van der Waals surface area contributed by atoms with Gasteiger partial charge in [-0.15, -0.1) is 0 Å². The predicted octanol–water partition coefficient (Wildman–Crippen LogP) is 14.0. The first kappa shape index (κ1) is 30.0. The molecule has 0 fully saturated rings. The quantitative estimate of drug-likeness (QED) is 0.180. The van der Waals surface area contributed by atoms with Crippen LogP contribution in [-0.4, -0.2) is 4.57 Å². The first-order valence-electron chi connectivity index (χ1n) is 18.5. The van der Waals surface area contributed by atoms with Gasteiger partial charge in [0, 0.05) is 32.9 Å². The third-order valence-corrected chi connectivity index (χ3v) is 11.7. The van der Waals surface area contributed by atoms with E-state index in [0.29, 0.717) is 0 Å². The van der Waals surface area contributed by atoms with Crippen molar-refractivity contribution in [3.05, 3.63) is 193 Å². The van der Waals surface area contributed by atoms with E-state index in [-0.39, 0.29) is 5.41 Å². The van der Waals surface area contributed by atoms with E-state index in [2.05, 4.69) is 205 Å². The van der Waals surface area contributed by atoms with Crippen molar-refractivity contribution < 1.29 is 0 Å². The highest BCUT2D eigenvalue weighted by Gasteiger charge is 2.34. The largest absolute Gasteiger partial charge is 0.310 e. The van der Waals surface area contributed by atoms with Crippen LogP contribution in [-0.2, 0) is 5.41 Å². The van der Waals surface area contributed by atoms with Gasteiger partial charge in [0.15, 0.2) is 0 Å². The predicted molar refractivity (Wildman–Crippen MR) is 226 cm³/mol. The second-order valence-corrected chi connectivity index (χ2v) is 15.0. The van der Waals surface area contributed by atoms with Gasteiger partial charge < -0.3 is 9.47 Å². The zero-order valence-electron chi connectivity index (χ0n) is 29.7. The third-order valence-electron chi connectivity index (χ3n) is 11.7. The molecule has 0 spiro atoms. The summed E-state index contributed by atoms with van der Waals surface area (Å²) in [6.07, 6.45) is 0. The lowest BCUT2D eigenvalue weighted by molar-refractivity contribution is 0.630. The first-order valence-corrected chi connectivity index (χ1v) is 18.5. The number of para-hydroxylation sites is 2. The number of fused-ring (bicyclic) bond motifs is 8. The molecule has 0 radical (unpaired) electrons. The maximum Gasteiger partial charge on any atom is 0.0582 e. The number of nitrogens with zero attached hydrogens (tertiary/aromatic N) is 2. The average molecular weight is 677 g/mol. The van der Waals surface area contributed by atoms with Crippen molar-refractivity contribution in [2.75, 3.05) is 4.90 Å². The van der Waals surface area contributed by atoms with E-state index < -0.39 is 0 Å². The second kappa shape index (κ2) is 11.2. The SMILES string of the molecule is CC1(C)c2ccccc2-n2c3ccc(-c4ccc(N(c5ccc6ccccc6c5)c5ccc6ccccc6c5)c5ccccc45)cc3c3cccc1c32. The van der Waals surface area contributed by atoms with Crippen LogP contribution in [0.1, 0.15) is 25.0 Å². The molecule has 0 amide bonds. The van der Waals surface area contributed by atoms with Gasteiger partial charge in [-0.1, -0.05) is 147 Å². The molecule has 0 saturated heterocycles. The fourth-order valence-electron chi connectivity index (χ4n) is 9.12. The molecule has 10 aromatic rings. The van der Waals surface area contributed by atoms with Gasteiger partial charge in [0.1, 0.15) is 0 Å². The van der Waals surface area contributed by atoms with Crippen LogP contribution in [0.5, 0.6) is 0 Å². The smallest absolute Gasteiger partial charge is 0.0582 e. The maximum atomic E-state index is 2.50. The molecule has 53 heavy (non-hydrogen) atoms. The van der Waals surface area contributed by atoms with Crippen molar-refractivity contribution in [2.24, 2.45) is 0 Å². The van der Waals surface area contributed by atoms with Gasteiger partial charge in [-0.2, -0.15) is 0 Å². The molecule has 1 aliphatic rings. The minimum Gasteiger partial charge on any atom is -0.310 e. The van der Waals surface area contributed by atoms with Crippen LogP contribution in [0.15, 0.2) is 182 Å². The number of anilines is 3. The van der Waals surface area contributed by atoms with E-state index >= 15 is 0 Å². The minimum absolute atomic E-state index is 0.0860. The highest BCUT2D eigenvalue weighted by Crippen LogP contribution is 2.49. The minimum atomic E-state index is -0.0860. The number of hydrogen-bond acceptors (Lipinski definition) is 1. The Morgan fingerprint density at radius 3 is 1.77 bits per heavy atom. The molecule has 0 bridgehead atoms. The van der Waals surface area contributed by atoms with Crippen molar-refractivity contribution in [3.8, 4) is 16.8 Å². The molecular weight excluding hydrogens is 641 g/mol. The molecule has 0 aliphatic carbocycles. The fourth-order valence-corrected chi connectivity index (χ4v) is 9.12. The van der Waals surface area contributed by atoms with Crippen LogP contribution >= 0.6 is 0 Å². The number of rotatable bonds is 4. The summed E-state index contributed by atoms with van der Waals surface area (Å²) in [5.41, 5.74) is 12.4. The molecular formula is C51H36N2. The molecule has 0 atom stereocenters. The molecule has 0 saturated carbocycles. The van der Waals surface area contributed by atoms with E-state index in [9.17, 15) is 0 Å². The first-order chi connectivity index (χ1) is 26.0. The highest BCUT2D eigenvalue weighted by molar-refractivity contribution is 6.14. The number of benzene rings is 9. The summed E-state index contributed by atoms with van der Waals surface area (Å²) in [7, 11) is 0. The Kier molecular flexibility index (Phi) is 6.33. The maximum absolute atomic E-state index is 2.50. The summed E-state index contributed by atoms with van der Waals surface area (Å²) in [4.78, 5) is 2.43. The summed E-state index contributed by atoms with van der Waals surface area (Å²) >= 11 is 0. The molecule has 9 aromatic carbocycles. The monoisotopic (exact) mass is 676 g/mol. The standard InChI is InChI=1S/C51H36N2/c1-51(2)45-19-9-10-21-49(45)53-48-28-24-37(32-44(48)43-18-11-20-46(51)50(43)53)40-27-29-47(42-17-8-7-16-41(40)42)52(38-25-22-33-12-3-5-14-35(33)30-38)39-26-23-34-13-4-6-15-36(34)31-39/h3-32H,1-2H3. The van der Waals surface area contributed by atoms with E-state index in [1.807, 2.05) is 0 Å². The van der Waals surface area contributed by atoms with Crippen LogP contribution in [0.4, 0.5) is 17.1 Å². The van der Waals surface area contributed by atoms with Gasteiger partial charge in [0.25, 0.3) is 0 Å². The Hall–Kier alpha value is -6.64. The summed E-state index contributed by atoms with van der Waals surface area (Å²) in [5, 5.41) is 9.96. The Labute approximate surface area is 308 Å². The van der Waals surface area contributed by atoms with Crippen molar-refractivity contribution in [2.45, 2.75) is 19.3 Å². The van der Waals surface area contributed by atoms with Gasteiger partial charge in [0.2, 0.25) is 0 Å². The summed E-state index contributed by atoms with van der Waals surface area (Å²) in [6, 6.07) is 67.3. The topological polar surface area (TPSA) is 8.17 Å². The molecule has 1 aliphatic heterocycles.